The number of anilines is 1. The van der Waals surface area contributed by atoms with Gasteiger partial charge in [0, 0.05) is 10.7 Å². The van der Waals surface area contributed by atoms with Gasteiger partial charge in [0.05, 0.1) is 10.0 Å². The fourth-order valence-electron chi connectivity index (χ4n) is 2.11. The molecule has 0 bridgehead atoms. The van der Waals surface area contributed by atoms with Crippen LogP contribution in [0.25, 0.3) is 0 Å². The zero-order valence-electron chi connectivity index (χ0n) is 12.7. The summed E-state index contributed by atoms with van der Waals surface area (Å²) in [4.78, 5) is 12.1. The van der Waals surface area contributed by atoms with Crippen molar-refractivity contribution in [3.05, 3.63) is 57.0 Å². The molecule has 0 aliphatic carbocycles. The lowest BCUT2D eigenvalue weighted by atomic mass is 10.0. The van der Waals surface area contributed by atoms with Crippen molar-refractivity contribution >= 4 is 46.4 Å². The molecule has 0 fully saturated rings. The first kappa shape index (κ1) is 17.9. The average Bonchev–Trinajstić information content (AvgIpc) is 2.46. The molecule has 0 saturated carbocycles. The molecule has 0 atom stereocenters. The van der Waals surface area contributed by atoms with Crippen LogP contribution in [0.3, 0.4) is 0 Å². The first-order valence-corrected chi connectivity index (χ1v) is 8.18. The summed E-state index contributed by atoms with van der Waals surface area (Å²) in [6, 6.07) is 10.7. The highest BCUT2D eigenvalue weighted by Gasteiger charge is 2.13. The Morgan fingerprint density at radius 2 is 1.74 bits per heavy atom. The number of halogens is 3. The number of para-hydroxylation sites is 1. The highest BCUT2D eigenvalue weighted by molar-refractivity contribution is 6.40. The predicted octanol–water partition coefficient (Wildman–Crippen LogP) is 5.79. The smallest absolute Gasteiger partial charge is 0.262 e. The molecule has 6 heteroatoms. The molecule has 0 heterocycles. The summed E-state index contributed by atoms with van der Waals surface area (Å²) in [5.41, 5.74) is 1.83. The lowest BCUT2D eigenvalue weighted by Gasteiger charge is -2.14. The van der Waals surface area contributed by atoms with Crippen LogP contribution in [-0.2, 0) is 4.79 Å². The Morgan fingerprint density at radius 1 is 1.13 bits per heavy atom. The summed E-state index contributed by atoms with van der Waals surface area (Å²) in [5, 5.41) is 3.77. The van der Waals surface area contributed by atoms with Crippen molar-refractivity contribution in [3.63, 3.8) is 0 Å². The van der Waals surface area contributed by atoms with Gasteiger partial charge >= 0.3 is 0 Å². The molecule has 2 rings (SSSR count). The molecule has 0 saturated heterocycles. The molecule has 3 nitrogen and oxygen atoms in total. The molecule has 0 spiro atoms. The largest absolute Gasteiger partial charge is 0.481 e. The van der Waals surface area contributed by atoms with Crippen LogP contribution in [0.4, 0.5) is 5.69 Å². The van der Waals surface area contributed by atoms with Crippen LogP contribution < -0.4 is 10.1 Å². The summed E-state index contributed by atoms with van der Waals surface area (Å²) < 4.78 is 5.42. The molecular weight excluding hydrogens is 357 g/mol. The Hall–Kier alpha value is -1.42. The zero-order chi connectivity index (χ0) is 17.0. The standard InChI is InChI=1S/C17H16Cl3NO2/c1-10(2)12-5-3-4-6-15(12)21-16(22)9-23-17-13(19)7-11(18)8-14(17)20/h3-8,10H,9H2,1-2H3,(H,21,22). The molecule has 122 valence electrons. The highest BCUT2D eigenvalue weighted by Crippen LogP contribution is 2.35. The maximum Gasteiger partial charge on any atom is 0.262 e. The second-order valence-corrected chi connectivity index (χ2v) is 6.53. The van der Waals surface area contributed by atoms with Gasteiger partial charge in [-0.15, -0.1) is 0 Å². The Bertz CT molecular complexity index is 694. The normalized spacial score (nSPS) is 10.7. The number of ether oxygens (including phenoxy) is 1. The third-order valence-electron chi connectivity index (χ3n) is 3.17. The SMILES string of the molecule is CC(C)c1ccccc1NC(=O)COc1c(Cl)cc(Cl)cc1Cl. The van der Waals surface area contributed by atoms with Gasteiger partial charge in [-0.05, 0) is 29.7 Å². The molecule has 2 aromatic carbocycles. The third kappa shape index (κ3) is 4.77. The average molecular weight is 373 g/mol. The van der Waals surface area contributed by atoms with Crippen molar-refractivity contribution in [2.45, 2.75) is 19.8 Å². The minimum atomic E-state index is -0.291. The van der Waals surface area contributed by atoms with Crippen LogP contribution in [0.15, 0.2) is 36.4 Å². The summed E-state index contributed by atoms with van der Waals surface area (Å²) in [5.74, 6) is 0.248. The summed E-state index contributed by atoms with van der Waals surface area (Å²) in [7, 11) is 0. The lowest BCUT2D eigenvalue weighted by molar-refractivity contribution is -0.118. The van der Waals surface area contributed by atoms with Crippen LogP contribution >= 0.6 is 34.8 Å². The van der Waals surface area contributed by atoms with E-state index in [1.807, 2.05) is 24.3 Å². The van der Waals surface area contributed by atoms with Gasteiger partial charge in [0.1, 0.15) is 0 Å². The number of carbonyl (C=O) groups excluding carboxylic acids is 1. The first-order chi connectivity index (χ1) is 10.9. The molecule has 1 N–H and O–H groups in total. The highest BCUT2D eigenvalue weighted by atomic mass is 35.5. The van der Waals surface area contributed by atoms with Gasteiger partial charge in [-0.3, -0.25) is 4.79 Å². The molecule has 23 heavy (non-hydrogen) atoms. The molecule has 2 aromatic rings. The van der Waals surface area contributed by atoms with Crippen LogP contribution in [-0.4, -0.2) is 12.5 Å². The third-order valence-corrected chi connectivity index (χ3v) is 3.95. The van der Waals surface area contributed by atoms with Crippen molar-refractivity contribution in [2.75, 3.05) is 11.9 Å². The second kappa shape index (κ2) is 7.91. The van der Waals surface area contributed by atoms with Gasteiger partial charge in [0.15, 0.2) is 12.4 Å². The number of benzene rings is 2. The van der Waals surface area contributed by atoms with Crippen molar-refractivity contribution in [1.29, 1.82) is 0 Å². The van der Waals surface area contributed by atoms with Crippen LogP contribution in [0, 0.1) is 0 Å². The summed E-state index contributed by atoms with van der Waals surface area (Å²) >= 11 is 17.9. The number of nitrogens with one attached hydrogen (secondary N) is 1. The fraction of sp³-hybridized carbons (Fsp3) is 0.235. The van der Waals surface area contributed by atoms with E-state index >= 15 is 0 Å². The van der Waals surface area contributed by atoms with Crippen molar-refractivity contribution in [1.82, 2.24) is 0 Å². The van der Waals surface area contributed by atoms with E-state index in [9.17, 15) is 4.79 Å². The van der Waals surface area contributed by atoms with E-state index in [2.05, 4.69) is 19.2 Å². The molecule has 0 aromatic heterocycles. The topological polar surface area (TPSA) is 38.3 Å². The molecule has 0 unspecified atom stereocenters. The van der Waals surface area contributed by atoms with Gasteiger partial charge in [0.2, 0.25) is 0 Å². The van der Waals surface area contributed by atoms with Crippen LogP contribution in [0.1, 0.15) is 25.3 Å². The van der Waals surface area contributed by atoms with E-state index in [1.54, 1.807) is 0 Å². The molecule has 0 radical (unpaired) electrons. The van der Waals surface area contributed by atoms with Gasteiger partial charge in [0.25, 0.3) is 5.91 Å². The fourth-order valence-corrected chi connectivity index (χ4v) is 3.03. The summed E-state index contributed by atoms with van der Waals surface area (Å²) in [6.07, 6.45) is 0. The number of hydrogen-bond acceptors (Lipinski definition) is 2. The van der Waals surface area contributed by atoms with E-state index in [1.165, 1.54) is 12.1 Å². The minimum absolute atomic E-state index is 0.201. The van der Waals surface area contributed by atoms with Crippen LogP contribution in [0.5, 0.6) is 5.75 Å². The zero-order valence-corrected chi connectivity index (χ0v) is 15.0. The number of amides is 1. The van der Waals surface area contributed by atoms with E-state index in [4.69, 9.17) is 39.5 Å². The van der Waals surface area contributed by atoms with Gasteiger partial charge in [-0.2, -0.15) is 0 Å². The molecular formula is C17H16Cl3NO2. The Labute approximate surface area is 150 Å². The minimum Gasteiger partial charge on any atom is -0.481 e. The van der Waals surface area contributed by atoms with E-state index in [0.717, 1.165) is 11.3 Å². The number of rotatable bonds is 5. The summed E-state index contributed by atoms with van der Waals surface area (Å²) in [6.45, 7) is 3.93. The monoisotopic (exact) mass is 371 g/mol. The Morgan fingerprint density at radius 3 is 2.35 bits per heavy atom. The van der Waals surface area contributed by atoms with Gasteiger partial charge in [-0.25, -0.2) is 0 Å². The van der Waals surface area contributed by atoms with Crippen molar-refractivity contribution in [3.8, 4) is 5.75 Å². The van der Waals surface area contributed by atoms with E-state index < -0.39 is 0 Å². The van der Waals surface area contributed by atoms with E-state index in [0.29, 0.717) is 10.9 Å². The quantitative estimate of drug-likeness (QED) is 0.721. The molecule has 0 aliphatic heterocycles. The van der Waals surface area contributed by atoms with E-state index in [-0.39, 0.29) is 28.3 Å². The predicted molar refractivity (Wildman–Crippen MR) is 96.1 cm³/mol. The Balaban J connectivity index is 2.04. The lowest BCUT2D eigenvalue weighted by Crippen LogP contribution is -2.21. The van der Waals surface area contributed by atoms with Crippen molar-refractivity contribution < 1.29 is 9.53 Å². The van der Waals surface area contributed by atoms with Crippen LogP contribution in [0.2, 0.25) is 15.1 Å². The molecule has 0 aliphatic rings. The van der Waals surface area contributed by atoms with Crippen molar-refractivity contribution in [2.24, 2.45) is 0 Å². The van der Waals surface area contributed by atoms with Gasteiger partial charge < -0.3 is 10.1 Å². The molecule has 1 amide bonds. The Kier molecular flexibility index (Phi) is 6.17. The number of carbonyl (C=O) groups is 1. The van der Waals surface area contributed by atoms with Gasteiger partial charge in [-0.1, -0.05) is 66.8 Å². The first-order valence-electron chi connectivity index (χ1n) is 7.04. The number of hydrogen-bond donors (Lipinski definition) is 1. The maximum atomic E-state index is 12.1. The second-order valence-electron chi connectivity index (χ2n) is 5.28. The maximum absolute atomic E-state index is 12.1.